The second-order valence-electron chi connectivity index (χ2n) is 6.62. The first-order valence-electron chi connectivity index (χ1n) is 9.76. The first-order valence-corrected chi connectivity index (χ1v) is 10.5. The Morgan fingerprint density at radius 1 is 0.821 bits per heavy atom. The zero-order valence-corrected chi connectivity index (χ0v) is 17.7. The number of benzene rings is 2. The lowest BCUT2D eigenvalue weighted by Crippen LogP contribution is -2.08. The highest BCUT2D eigenvalue weighted by atomic mass is 35.5. The van der Waals surface area contributed by atoms with Gasteiger partial charge in [0.2, 0.25) is 0 Å². The lowest BCUT2D eigenvalue weighted by atomic mass is 10.1. The number of carbonyl (C=O) groups excluding carboxylic acids is 2. The number of halogens is 2. The van der Waals surface area contributed by atoms with E-state index >= 15 is 0 Å². The molecular weight excluding hydrogens is 399 g/mol. The minimum Gasteiger partial charge on any atom is -0.466 e. The van der Waals surface area contributed by atoms with Crippen molar-refractivity contribution < 1.29 is 19.1 Å². The number of unbranched alkanes of at least 4 members (excludes halogenated alkanes) is 5. The first kappa shape index (κ1) is 22.5. The van der Waals surface area contributed by atoms with Crippen molar-refractivity contribution in [1.29, 1.82) is 0 Å². The molecule has 152 valence electrons. The lowest BCUT2D eigenvalue weighted by molar-refractivity contribution is -0.143. The van der Waals surface area contributed by atoms with E-state index in [0.717, 1.165) is 49.3 Å². The molecule has 2 aromatic carbocycles. The Kier molecular flexibility index (Phi) is 9.59. The van der Waals surface area contributed by atoms with Gasteiger partial charge in [0.05, 0.1) is 16.7 Å². The minimum atomic E-state index is -0.295. The summed E-state index contributed by atoms with van der Waals surface area (Å²) in [5, 5.41) is 2.40. The van der Waals surface area contributed by atoms with Crippen molar-refractivity contribution in [3.63, 3.8) is 0 Å². The number of carbonyl (C=O) groups is 2. The van der Waals surface area contributed by atoms with Gasteiger partial charge in [0.1, 0.15) is 0 Å². The van der Waals surface area contributed by atoms with Crippen molar-refractivity contribution in [2.24, 2.45) is 0 Å². The van der Waals surface area contributed by atoms with Crippen LogP contribution in [-0.2, 0) is 14.3 Å². The molecule has 0 aliphatic carbocycles. The van der Waals surface area contributed by atoms with Crippen molar-refractivity contribution >= 4 is 45.9 Å². The summed E-state index contributed by atoms with van der Waals surface area (Å²) >= 11 is 12.4. The molecule has 0 aromatic heterocycles. The van der Waals surface area contributed by atoms with Crippen LogP contribution < -0.4 is 4.74 Å². The lowest BCUT2D eigenvalue weighted by Gasteiger charge is -2.11. The van der Waals surface area contributed by atoms with Gasteiger partial charge in [0, 0.05) is 23.6 Å². The summed E-state index contributed by atoms with van der Waals surface area (Å²) in [6.07, 6.45) is 6.46. The van der Waals surface area contributed by atoms with Crippen LogP contribution in [0.25, 0.3) is 10.8 Å². The second kappa shape index (κ2) is 11.9. The van der Waals surface area contributed by atoms with E-state index in [4.69, 9.17) is 32.7 Å². The summed E-state index contributed by atoms with van der Waals surface area (Å²) in [4.78, 5) is 23.4. The second-order valence-corrected chi connectivity index (χ2v) is 7.43. The Balaban J connectivity index is 1.70. The molecule has 0 amide bonds. The average molecular weight is 425 g/mol. The number of rotatable bonds is 11. The van der Waals surface area contributed by atoms with E-state index in [1.807, 2.05) is 31.2 Å². The van der Waals surface area contributed by atoms with Crippen LogP contribution in [0, 0.1) is 0 Å². The molecule has 0 saturated heterocycles. The highest BCUT2D eigenvalue weighted by Crippen LogP contribution is 2.38. The quantitative estimate of drug-likeness (QED) is 0.227. The van der Waals surface area contributed by atoms with Crippen molar-refractivity contribution in [1.82, 2.24) is 0 Å². The average Bonchev–Trinajstić information content (AvgIpc) is 2.67. The number of esters is 2. The van der Waals surface area contributed by atoms with Crippen molar-refractivity contribution in [2.75, 3.05) is 6.61 Å². The molecule has 0 atom stereocenters. The van der Waals surface area contributed by atoms with Crippen molar-refractivity contribution in [2.45, 2.75) is 58.3 Å². The third-order valence-electron chi connectivity index (χ3n) is 4.43. The summed E-state index contributed by atoms with van der Waals surface area (Å²) in [6, 6.07) is 9.04. The molecule has 0 heterocycles. The van der Waals surface area contributed by atoms with E-state index in [1.54, 1.807) is 6.07 Å². The highest BCUT2D eigenvalue weighted by molar-refractivity contribution is 6.40. The van der Waals surface area contributed by atoms with Crippen molar-refractivity contribution in [3.8, 4) is 5.75 Å². The number of ether oxygens (including phenoxy) is 2. The molecule has 0 spiro atoms. The third-order valence-corrected chi connectivity index (χ3v) is 5.03. The fourth-order valence-electron chi connectivity index (χ4n) is 3.02. The zero-order valence-electron chi connectivity index (χ0n) is 16.1. The Labute approximate surface area is 176 Å². The van der Waals surface area contributed by atoms with E-state index in [0.29, 0.717) is 35.2 Å². The Morgan fingerprint density at radius 2 is 1.39 bits per heavy atom. The van der Waals surface area contributed by atoms with Crippen LogP contribution in [0.3, 0.4) is 0 Å². The van der Waals surface area contributed by atoms with Gasteiger partial charge in [0.25, 0.3) is 0 Å². The normalized spacial score (nSPS) is 10.8. The number of hydrogen-bond donors (Lipinski definition) is 0. The summed E-state index contributed by atoms with van der Waals surface area (Å²) in [5.41, 5.74) is 0. The van der Waals surface area contributed by atoms with E-state index < -0.39 is 0 Å². The van der Waals surface area contributed by atoms with Crippen LogP contribution >= 0.6 is 23.2 Å². The molecule has 6 heteroatoms. The van der Waals surface area contributed by atoms with Gasteiger partial charge >= 0.3 is 11.9 Å². The van der Waals surface area contributed by atoms with E-state index in [2.05, 4.69) is 0 Å². The third kappa shape index (κ3) is 6.99. The van der Waals surface area contributed by atoms with Gasteiger partial charge < -0.3 is 9.47 Å². The van der Waals surface area contributed by atoms with E-state index in [9.17, 15) is 9.59 Å². The van der Waals surface area contributed by atoms with Crippen LogP contribution in [-0.4, -0.2) is 18.5 Å². The maximum Gasteiger partial charge on any atom is 0.311 e. The molecule has 4 nitrogen and oxygen atoms in total. The van der Waals surface area contributed by atoms with E-state index in [1.165, 1.54) is 0 Å². The molecule has 0 aliphatic rings. The predicted octanol–water partition coefficient (Wildman–Crippen LogP) is 6.74. The fraction of sp³-hybridized carbons (Fsp3) is 0.455. The van der Waals surface area contributed by atoms with Gasteiger partial charge in [-0.15, -0.1) is 0 Å². The highest BCUT2D eigenvalue weighted by Gasteiger charge is 2.14. The molecule has 0 radical (unpaired) electrons. The van der Waals surface area contributed by atoms with Gasteiger partial charge in [-0.2, -0.15) is 0 Å². The van der Waals surface area contributed by atoms with Gasteiger partial charge in [-0.05, 0) is 25.8 Å². The van der Waals surface area contributed by atoms with Crippen LogP contribution in [0.15, 0.2) is 30.3 Å². The molecule has 0 unspecified atom stereocenters. The number of hydrogen-bond acceptors (Lipinski definition) is 4. The Bertz CT molecular complexity index is 804. The fourth-order valence-corrected chi connectivity index (χ4v) is 3.60. The maximum absolute atomic E-state index is 12.2. The smallest absolute Gasteiger partial charge is 0.311 e. The Hall–Kier alpha value is -1.78. The summed E-state index contributed by atoms with van der Waals surface area (Å²) < 4.78 is 10.4. The molecule has 28 heavy (non-hydrogen) atoms. The summed E-state index contributed by atoms with van der Waals surface area (Å²) in [7, 11) is 0. The first-order chi connectivity index (χ1) is 13.5. The molecule has 0 fully saturated rings. The molecule has 0 bridgehead atoms. The molecule has 0 aliphatic heterocycles. The zero-order chi connectivity index (χ0) is 20.4. The molecule has 2 rings (SSSR count). The SMILES string of the molecule is CCOC(=O)CCCCCCCCC(=O)Oc1c(Cl)cc(Cl)c2ccccc12. The topological polar surface area (TPSA) is 52.6 Å². The predicted molar refractivity (Wildman–Crippen MR) is 113 cm³/mol. The van der Waals surface area contributed by atoms with Crippen LogP contribution in [0.1, 0.15) is 58.3 Å². The minimum absolute atomic E-state index is 0.126. The molecule has 0 N–H and O–H groups in total. The van der Waals surface area contributed by atoms with Crippen LogP contribution in [0.5, 0.6) is 5.75 Å². The number of fused-ring (bicyclic) bond motifs is 1. The van der Waals surface area contributed by atoms with Crippen LogP contribution in [0.4, 0.5) is 0 Å². The van der Waals surface area contributed by atoms with Gasteiger partial charge in [-0.25, -0.2) is 0 Å². The maximum atomic E-state index is 12.2. The van der Waals surface area contributed by atoms with Gasteiger partial charge in [0.15, 0.2) is 5.75 Å². The Morgan fingerprint density at radius 3 is 2.04 bits per heavy atom. The van der Waals surface area contributed by atoms with Gasteiger partial charge in [-0.3, -0.25) is 9.59 Å². The standard InChI is InChI=1S/C22H26Cl2O4/c1-2-27-20(25)13-7-5-3-4-6-8-14-21(26)28-22-17-12-10-9-11-16(17)18(23)15-19(22)24/h9-12,15H,2-8,13-14H2,1H3. The summed E-state index contributed by atoms with van der Waals surface area (Å²) in [6.45, 7) is 2.25. The molecular formula is C22H26Cl2O4. The van der Waals surface area contributed by atoms with E-state index in [-0.39, 0.29) is 11.9 Å². The summed E-state index contributed by atoms with van der Waals surface area (Å²) in [5.74, 6) is -0.0547. The molecule has 2 aromatic rings. The largest absolute Gasteiger partial charge is 0.466 e. The monoisotopic (exact) mass is 424 g/mol. The van der Waals surface area contributed by atoms with Crippen molar-refractivity contribution in [3.05, 3.63) is 40.4 Å². The van der Waals surface area contributed by atoms with Gasteiger partial charge in [-0.1, -0.05) is 73.2 Å². The molecule has 0 saturated carbocycles. The van der Waals surface area contributed by atoms with Crippen LogP contribution in [0.2, 0.25) is 10.0 Å².